The summed E-state index contributed by atoms with van der Waals surface area (Å²) in [5.74, 6) is -1.65. The smallest absolute Gasteiger partial charge is 0.352 e. The zero-order valence-electron chi connectivity index (χ0n) is 15.1. The largest absolute Gasteiger partial charge is 0.477 e. The van der Waals surface area contributed by atoms with Gasteiger partial charge in [-0.3, -0.25) is 14.5 Å². The number of benzene rings is 1. The van der Waals surface area contributed by atoms with E-state index in [4.69, 9.17) is 27.9 Å². The minimum atomic E-state index is -1.28. The maximum absolute atomic E-state index is 12.7. The lowest BCUT2D eigenvalue weighted by atomic mass is 9.89. The number of alkyl halides is 2. The zero-order valence-corrected chi connectivity index (χ0v) is 17.4. The van der Waals surface area contributed by atoms with Gasteiger partial charge in [0.25, 0.3) is 0 Å². The normalized spacial score (nSPS) is 27.6. The molecule has 9 heteroatoms. The van der Waals surface area contributed by atoms with E-state index in [1.54, 1.807) is 12.2 Å². The van der Waals surface area contributed by atoms with Gasteiger partial charge in [-0.25, -0.2) is 4.79 Å². The Morgan fingerprint density at radius 2 is 2.00 bits per heavy atom. The van der Waals surface area contributed by atoms with Gasteiger partial charge in [-0.2, -0.15) is 0 Å². The van der Waals surface area contributed by atoms with Gasteiger partial charge in [0, 0.05) is 18.6 Å². The predicted octanol–water partition coefficient (Wildman–Crippen LogP) is 3.14. The molecular weight excluding hydrogens is 437 g/mol. The van der Waals surface area contributed by atoms with E-state index in [0.717, 1.165) is 5.56 Å². The number of allylic oxidation sites excluding steroid dienone is 1. The molecule has 29 heavy (non-hydrogen) atoms. The number of hydrogen-bond acceptors (Lipinski definition) is 5. The summed E-state index contributed by atoms with van der Waals surface area (Å²) in [5, 5.41) is 9.31. The number of carboxylic acids is 1. The van der Waals surface area contributed by atoms with Gasteiger partial charge < -0.3 is 9.84 Å². The first-order chi connectivity index (χ1) is 13.8. The third-order valence-electron chi connectivity index (χ3n) is 5.03. The molecule has 0 saturated carbocycles. The molecule has 3 aliphatic rings. The van der Waals surface area contributed by atoms with Crippen molar-refractivity contribution in [1.82, 2.24) is 4.90 Å². The van der Waals surface area contributed by atoms with Gasteiger partial charge >= 0.3 is 5.97 Å². The van der Waals surface area contributed by atoms with Crippen LogP contribution in [-0.2, 0) is 25.5 Å². The Bertz CT molecular complexity index is 930. The zero-order chi connectivity index (χ0) is 20.8. The first-order valence-corrected chi connectivity index (χ1v) is 10.8. The molecule has 0 aromatic heterocycles. The Morgan fingerprint density at radius 1 is 1.31 bits per heavy atom. The summed E-state index contributed by atoms with van der Waals surface area (Å²) >= 11 is 13.0. The first-order valence-electron chi connectivity index (χ1n) is 8.98. The average Bonchev–Trinajstić information content (AvgIpc) is 3.30. The minimum absolute atomic E-state index is 0.0344. The molecule has 4 rings (SSSR count). The number of epoxide rings is 1. The molecule has 3 atom stereocenters. The second-order valence-corrected chi connectivity index (χ2v) is 9.48. The molecule has 3 heterocycles. The van der Waals surface area contributed by atoms with Crippen LogP contribution in [0.4, 0.5) is 0 Å². The van der Waals surface area contributed by atoms with Crippen molar-refractivity contribution >= 4 is 52.6 Å². The topological polar surface area (TPSA) is 87.2 Å². The standard InChI is InChI=1S/C20H17Cl2NO5S/c21-20(22)15(28-20)7-6-12-10-29-18-14(17(25)23(18)16(12)19(26)27)9-13(24)8-11-4-2-1-3-5-11/h1-7,14-15,18H,8-10H2,(H,26,27)/b7-6+. The SMILES string of the molecule is O=C(Cc1ccccc1)CC1C(=O)N2C(C(=O)O)=C(/C=C/C3OC3(Cl)Cl)CSC12. The lowest BCUT2D eigenvalue weighted by Crippen LogP contribution is -2.61. The van der Waals surface area contributed by atoms with Crippen LogP contribution in [0.3, 0.4) is 0 Å². The molecule has 0 aliphatic carbocycles. The fourth-order valence-electron chi connectivity index (χ4n) is 3.54. The van der Waals surface area contributed by atoms with E-state index < -0.39 is 22.5 Å². The number of aliphatic carboxylic acids is 1. The fraction of sp³-hybridized carbons (Fsp3) is 0.350. The van der Waals surface area contributed by atoms with E-state index in [1.165, 1.54) is 16.7 Å². The Labute approximate surface area is 181 Å². The number of nitrogens with zero attached hydrogens (tertiary/aromatic N) is 1. The monoisotopic (exact) mass is 453 g/mol. The van der Waals surface area contributed by atoms with Gasteiger partial charge in [-0.15, -0.1) is 11.8 Å². The highest BCUT2D eigenvalue weighted by molar-refractivity contribution is 8.00. The van der Waals surface area contributed by atoms with Crippen LogP contribution in [0.25, 0.3) is 0 Å². The molecule has 1 aromatic rings. The summed E-state index contributed by atoms with van der Waals surface area (Å²) in [6.07, 6.45) is 3.04. The molecule has 152 valence electrons. The molecule has 1 N–H and O–H groups in total. The third-order valence-corrected chi connectivity index (χ3v) is 7.00. The molecule has 0 radical (unpaired) electrons. The summed E-state index contributed by atoms with van der Waals surface area (Å²) in [6.45, 7) is 0. The van der Waals surface area contributed by atoms with Crippen LogP contribution in [0.15, 0.2) is 53.8 Å². The summed E-state index contributed by atoms with van der Waals surface area (Å²) in [4.78, 5) is 38.2. The highest BCUT2D eigenvalue weighted by Crippen LogP contribution is 2.47. The van der Waals surface area contributed by atoms with Crippen LogP contribution in [0, 0.1) is 5.92 Å². The van der Waals surface area contributed by atoms with Crippen molar-refractivity contribution in [3.05, 3.63) is 59.3 Å². The van der Waals surface area contributed by atoms with E-state index in [9.17, 15) is 19.5 Å². The number of β-lactam (4-membered cyclic amide) rings is 1. The van der Waals surface area contributed by atoms with Crippen molar-refractivity contribution < 1.29 is 24.2 Å². The molecule has 0 bridgehead atoms. The average molecular weight is 454 g/mol. The maximum atomic E-state index is 12.7. The van der Waals surface area contributed by atoms with Crippen LogP contribution in [0.2, 0.25) is 0 Å². The van der Waals surface area contributed by atoms with Gasteiger partial charge in [0.1, 0.15) is 17.6 Å². The van der Waals surface area contributed by atoms with Crippen molar-refractivity contribution in [3.63, 3.8) is 0 Å². The van der Waals surface area contributed by atoms with E-state index in [1.807, 2.05) is 30.3 Å². The summed E-state index contributed by atoms with van der Waals surface area (Å²) in [7, 11) is 0. The summed E-state index contributed by atoms with van der Waals surface area (Å²) in [5.41, 5.74) is 1.32. The van der Waals surface area contributed by atoms with Gasteiger partial charge in [0.15, 0.2) is 0 Å². The molecule has 2 saturated heterocycles. The summed E-state index contributed by atoms with van der Waals surface area (Å²) in [6, 6.07) is 9.33. The third kappa shape index (κ3) is 4.10. The van der Waals surface area contributed by atoms with Crippen LogP contribution in [-0.4, -0.2) is 49.4 Å². The highest BCUT2D eigenvalue weighted by atomic mass is 35.5. The number of hydrogen-bond donors (Lipinski definition) is 1. The number of rotatable bonds is 7. The number of carbonyl (C=O) groups excluding carboxylic acids is 2. The second kappa shape index (κ2) is 7.80. The second-order valence-electron chi connectivity index (χ2n) is 7.06. The Hall–Kier alpha value is -1.80. The van der Waals surface area contributed by atoms with E-state index >= 15 is 0 Å². The number of ether oxygens (including phenoxy) is 1. The van der Waals surface area contributed by atoms with Crippen LogP contribution >= 0.6 is 35.0 Å². The number of thioether (sulfide) groups is 1. The molecule has 1 aromatic carbocycles. The Balaban J connectivity index is 1.45. The number of halogens is 2. The number of fused-ring (bicyclic) bond motifs is 1. The highest BCUT2D eigenvalue weighted by Gasteiger charge is 2.54. The lowest BCUT2D eigenvalue weighted by molar-refractivity contribution is -0.153. The number of ketones is 1. The Morgan fingerprint density at radius 3 is 2.62 bits per heavy atom. The van der Waals surface area contributed by atoms with E-state index in [-0.39, 0.29) is 35.6 Å². The van der Waals surface area contributed by atoms with Crippen molar-refractivity contribution in [2.45, 2.75) is 28.8 Å². The number of carbonyl (C=O) groups is 3. The first kappa shape index (κ1) is 20.5. The van der Waals surface area contributed by atoms with Gasteiger partial charge in [-0.1, -0.05) is 59.6 Å². The molecule has 1 amide bonds. The van der Waals surface area contributed by atoms with E-state index in [0.29, 0.717) is 11.3 Å². The molecular formula is C20H17Cl2NO5S. The van der Waals surface area contributed by atoms with Gasteiger partial charge in [0.2, 0.25) is 10.4 Å². The van der Waals surface area contributed by atoms with Crippen molar-refractivity contribution in [2.24, 2.45) is 5.92 Å². The molecule has 0 spiro atoms. The molecule has 2 fully saturated rings. The Kier molecular flexibility index (Phi) is 5.50. The number of amides is 1. The quantitative estimate of drug-likeness (QED) is 0.387. The van der Waals surface area contributed by atoms with Gasteiger partial charge in [0.05, 0.1) is 11.3 Å². The lowest BCUT2D eigenvalue weighted by Gasteiger charge is -2.49. The number of Topliss-reactive ketones (excluding diaryl/α,β-unsaturated/α-hetero) is 1. The van der Waals surface area contributed by atoms with Crippen LogP contribution < -0.4 is 0 Å². The fourth-order valence-corrected chi connectivity index (χ4v) is 5.26. The number of carboxylic acid groups (broad SMARTS) is 1. The molecule has 3 unspecified atom stereocenters. The molecule has 3 aliphatic heterocycles. The minimum Gasteiger partial charge on any atom is -0.477 e. The molecule has 6 nitrogen and oxygen atoms in total. The van der Waals surface area contributed by atoms with Crippen LogP contribution in [0.5, 0.6) is 0 Å². The predicted molar refractivity (Wildman–Crippen MR) is 109 cm³/mol. The van der Waals surface area contributed by atoms with Crippen molar-refractivity contribution in [1.29, 1.82) is 0 Å². The maximum Gasteiger partial charge on any atom is 0.352 e. The van der Waals surface area contributed by atoms with Gasteiger partial charge in [-0.05, 0) is 17.2 Å². The van der Waals surface area contributed by atoms with Crippen molar-refractivity contribution in [3.8, 4) is 0 Å². The van der Waals surface area contributed by atoms with Crippen molar-refractivity contribution in [2.75, 3.05) is 5.75 Å². The summed E-state index contributed by atoms with van der Waals surface area (Å²) < 4.78 is 3.76. The van der Waals surface area contributed by atoms with Crippen LogP contribution in [0.1, 0.15) is 12.0 Å². The van der Waals surface area contributed by atoms with E-state index in [2.05, 4.69) is 0 Å².